The molecule has 8 nitrogen and oxygen atoms in total. The molecule has 0 atom stereocenters. The third-order valence-electron chi connectivity index (χ3n) is 3.77. The van der Waals surface area contributed by atoms with Crippen LogP contribution in [-0.4, -0.2) is 17.9 Å². The van der Waals surface area contributed by atoms with E-state index in [1.165, 1.54) is 37.6 Å². The molecular weight excluding hydrogens is 352 g/mol. The van der Waals surface area contributed by atoms with Gasteiger partial charge in [-0.15, -0.1) is 0 Å². The Hall–Kier alpha value is -3.94. The van der Waals surface area contributed by atoms with E-state index in [9.17, 15) is 19.7 Å². The zero-order valence-electron chi connectivity index (χ0n) is 14.2. The van der Waals surface area contributed by atoms with Crippen molar-refractivity contribution >= 4 is 34.3 Å². The lowest BCUT2D eigenvalue weighted by molar-refractivity contribution is -0.384. The second kappa shape index (κ2) is 7.52. The highest BCUT2D eigenvalue weighted by molar-refractivity contribution is 6.03. The fraction of sp³-hybridized carbons (Fsp3) is 0.0526. The van der Waals surface area contributed by atoms with E-state index in [-0.39, 0.29) is 28.1 Å². The Morgan fingerprint density at radius 1 is 1.26 bits per heavy atom. The van der Waals surface area contributed by atoms with Gasteiger partial charge in [-0.25, -0.2) is 0 Å². The number of rotatable bonds is 5. The van der Waals surface area contributed by atoms with Crippen molar-refractivity contribution in [2.24, 2.45) is 0 Å². The highest BCUT2D eigenvalue weighted by atomic mass is 16.6. The van der Waals surface area contributed by atoms with Gasteiger partial charge in [0.1, 0.15) is 17.6 Å². The second-order valence-corrected chi connectivity index (χ2v) is 5.48. The second-order valence-electron chi connectivity index (χ2n) is 5.48. The van der Waals surface area contributed by atoms with Crippen LogP contribution >= 0.6 is 0 Å². The topological polar surface area (TPSA) is 112 Å². The number of fused-ring (bicyclic) bond motifs is 1. The molecule has 0 aliphatic rings. The molecule has 8 heteroatoms. The Morgan fingerprint density at radius 3 is 2.78 bits per heavy atom. The van der Waals surface area contributed by atoms with Crippen LogP contribution in [0.15, 0.2) is 64.0 Å². The maximum atomic E-state index is 12.4. The molecule has 0 spiro atoms. The average molecular weight is 366 g/mol. The van der Waals surface area contributed by atoms with Crippen molar-refractivity contribution < 1.29 is 18.9 Å². The monoisotopic (exact) mass is 366 g/mol. The molecule has 0 saturated heterocycles. The van der Waals surface area contributed by atoms with Crippen molar-refractivity contribution in [2.75, 3.05) is 12.4 Å². The van der Waals surface area contributed by atoms with Gasteiger partial charge in [-0.3, -0.25) is 19.7 Å². The van der Waals surface area contributed by atoms with Crippen LogP contribution in [0.3, 0.4) is 0 Å². The minimum atomic E-state index is -0.582. The lowest BCUT2D eigenvalue weighted by atomic mass is 10.1. The predicted octanol–water partition coefficient (Wildman–Crippen LogP) is 3.36. The minimum absolute atomic E-state index is 0.145. The average Bonchev–Trinajstić information content (AvgIpc) is 2.67. The van der Waals surface area contributed by atoms with E-state index < -0.39 is 10.8 Å². The lowest BCUT2D eigenvalue weighted by Gasteiger charge is -2.08. The number of hydrogen-bond donors (Lipinski definition) is 1. The summed E-state index contributed by atoms with van der Waals surface area (Å²) in [6, 6.07) is 10.6. The number of methoxy groups -OCH3 is 1. The number of hydrogen-bond acceptors (Lipinski definition) is 6. The molecule has 3 aromatic rings. The summed E-state index contributed by atoms with van der Waals surface area (Å²) in [5.74, 6) is -0.311. The first-order valence-corrected chi connectivity index (χ1v) is 7.81. The molecule has 0 saturated carbocycles. The van der Waals surface area contributed by atoms with E-state index in [1.54, 1.807) is 24.3 Å². The molecule has 27 heavy (non-hydrogen) atoms. The number of nitro benzene ring substituents is 1. The van der Waals surface area contributed by atoms with Crippen molar-refractivity contribution in [1.82, 2.24) is 0 Å². The van der Waals surface area contributed by atoms with Gasteiger partial charge in [-0.1, -0.05) is 12.1 Å². The zero-order chi connectivity index (χ0) is 19.4. The van der Waals surface area contributed by atoms with E-state index in [2.05, 4.69) is 5.32 Å². The number of ether oxygens (including phenoxy) is 1. The molecule has 136 valence electrons. The van der Waals surface area contributed by atoms with E-state index >= 15 is 0 Å². The number of nitro groups is 1. The highest BCUT2D eigenvalue weighted by Gasteiger charge is 2.13. The van der Waals surface area contributed by atoms with Crippen LogP contribution in [0.2, 0.25) is 0 Å². The van der Waals surface area contributed by atoms with Gasteiger partial charge >= 0.3 is 0 Å². The van der Waals surface area contributed by atoms with Gasteiger partial charge in [0.15, 0.2) is 5.43 Å². The number of non-ortho nitro benzene ring substituents is 1. The Balaban J connectivity index is 1.84. The van der Waals surface area contributed by atoms with Crippen LogP contribution in [0.5, 0.6) is 5.75 Å². The molecule has 1 aromatic heterocycles. The number of para-hydroxylation sites is 1. The molecule has 1 amide bonds. The molecule has 1 heterocycles. The number of nitrogens with one attached hydrogen (secondary N) is 1. The summed E-state index contributed by atoms with van der Waals surface area (Å²) in [6.45, 7) is 0. The Morgan fingerprint density at radius 2 is 2.04 bits per heavy atom. The van der Waals surface area contributed by atoms with E-state index in [0.29, 0.717) is 11.0 Å². The molecular formula is C19H14N2O6. The molecule has 0 fully saturated rings. The Labute approximate surface area is 152 Å². The van der Waals surface area contributed by atoms with Crippen LogP contribution < -0.4 is 15.5 Å². The largest absolute Gasteiger partial charge is 0.495 e. The van der Waals surface area contributed by atoms with E-state index in [4.69, 9.17) is 9.15 Å². The molecule has 3 rings (SSSR count). The fourth-order valence-electron chi connectivity index (χ4n) is 2.46. The molecule has 0 bridgehead atoms. The summed E-state index contributed by atoms with van der Waals surface area (Å²) in [7, 11) is 1.38. The third-order valence-corrected chi connectivity index (χ3v) is 3.77. The maximum absolute atomic E-state index is 12.4. The normalized spacial score (nSPS) is 10.9. The molecule has 0 aliphatic heterocycles. The van der Waals surface area contributed by atoms with Crippen LogP contribution in [0.4, 0.5) is 11.4 Å². The number of carbonyl (C=O) groups excluding carboxylic acids is 1. The standard InChI is InChI=1S/C19H14N2O6/c1-26-17-8-7-13(21(24)25)10-15(17)20-18(22)9-6-12-11-27-16-5-3-2-4-14(16)19(12)23/h2-11H,1H3,(H,20,22)/b9-6+. The van der Waals surface area contributed by atoms with Crippen molar-refractivity contribution in [2.45, 2.75) is 0 Å². The maximum Gasteiger partial charge on any atom is 0.271 e. The van der Waals surface area contributed by atoms with Crippen LogP contribution in [0, 0.1) is 10.1 Å². The number of nitrogens with zero attached hydrogens (tertiary/aromatic N) is 1. The Bertz CT molecular complexity index is 1120. The Kier molecular flexibility index (Phi) is 4.98. The van der Waals surface area contributed by atoms with Crippen LogP contribution in [0.25, 0.3) is 17.0 Å². The van der Waals surface area contributed by atoms with Crippen LogP contribution in [0.1, 0.15) is 5.56 Å². The van der Waals surface area contributed by atoms with E-state index in [0.717, 1.165) is 6.08 Å². The van der Waals surface area contributed by atoms with Crippen molar-refractivity contribution in [3.8, 4) is 5.75 Å². The number of carbonyl (C=O) groups is 1. The van der Waals surface area contributed by atoms with Gasteiger partial charge in [0.05, 0.1) is 28.7 Å². The fourth-order valence-corrected chi connectivity index (χ4v) is 2.46. The zero-order valence-corrected chi connectivity index (χ0v) is 14.2. The molecule has 1 N–H and O–H groups in total. The van der Waals surface area contributed by atoms with Crippen molar-refractivity contribution in [1.29, 1.82) is 0 Å². The van der Waals surface area contributed by atoms with Gasteiger partial charge in [-0.2, -0.15) is 0 Å². The SMILES string of the molecule is COc1ccc([N+](=O)[O-])cc1NC(=O)/C=C/c1coc2ccccc2c1=O. The number of amides is 1. The number of anilines is 1. The van der Waals surface area contributed by atoms with Crippen LogP contribution in [-0.2, 0) is 4.79 Å². The predicted molar refractivity (Wildman–Crippen MR) is 99.8 cm³/mol. The lowest BCUT2D eigenvalue weighted by Crippen LogP contribution is -2.10. The highest BCUT2D eigenvalue weighted by Crippen LogP contribution is 2.28. The summed E-state index contributed by atoms with van der Waals surface area (Å²) in [6.07, 6.45) is 3.72. The third kappa shape index (κ3) is 3.84. The summed E-state index contributed by atoms with van der Waals surface area (Å²) in [5, 5.41) is 13.8. The summed E-state index contributed by atoms with van der Waals surface area (Å²) >= 11 is 0. The first-order chi connectivity index (χ1) is 13.0. The summed E-state index contributed by atoms with van der Waals surface area (Å²) in [5.41, 5.74) is 0.339. The quantitative estimate of drug-likeness (QED) is 0.421. The van der Waals surface area contributed by atoms with Crippen molar-refractivity contribution in [3.05, 3.63) is 80.7 Å². The van der Waals surface area contributed by atoms with Gasteiger partial charge in [0.25, 0.3) is 5.69 Å². The van der Waals surface area contributed by atoms with E-state index in [1.807, 2.05) is 0 Å². The number of benzene rings is 2. The summed E-state index contributed by atoms with van der Waals surface area (Å²) < 4.78 is 10.5. The van der Waals surface area contributed by atoms with Crippen molar-refractivity contribution in [3.63, 3.8) is 0 Å². The van der Waals surface area contributed by atoms with Gasteiger partial charge < -0.3 is 14.5 Å². The summed E-state index contributed by atoms with van der Waals surface area (Å²) in [4.78, 5) is 34.8. The molecule has 0 aliphatic carbocycles. The molecule has 2 aromatic carbocycles. The minimum Gasteiger partial charge on any atom is -0.495 e. The first kappa shape index (κ1) is 17.9. The van der Waals surface area contributed by atoms with Gasteiger partial charge in [-0.05, 0) is 24.3 Å². The first-order valence-electron chi connectivity index (χ1n) is 7.81. The molecule has 0 radical (unpaired) electrons. The van der Waals surface area contributed by atoms with Gasteiger partial charge in [0, 0.05) is 18.2 Å². The smallest absolute Gasteiger partial charge is 0.271 e. The molecule has 0 unspecified atom stereocenters. The van der Waals surface area contributed by atoms with Gasteiger partial charge in [0.2, 0.25) is 5.91 Å².